The quantitative estimate of drug-likeness (QED) is 0.886. The third-order valence-electron chi connectivity index (χ3n) is 3.00. The lowest BCUT2D eigenvalue weighted by atomic mass is 9.98. The van der Waals surface area contributed by atoms with E-state index in [1.807, 2.05) is 0 Å². The molecule has 2 heterocycles. The van der Waals surface area contributed by atoms with Crippen LogP contribution in [0.3, 0.4) is 0 Å². The molecule has 0 bridgehead atoms. The first-order valence-corrected chi connectivity index (χ1v) is 6.09. The molecule has 6 heteroatoms. The molecule has 0 unspecified atom stereocenters. The van der Waals surface area contributed by atoms with E-state index in [1.165, 1.54) is 17.2 Å². The van der Waals surface area contributed by atoms with Gasteiger partial charge in [0, 0.05) is 24.3 Å². The van der Waals surface area contributed by atoms with Crippen LogP contribution in [0.25, 0.3) is 0 Å². The number of piperidine rings is 1. The molecule has 1 atom stereocenters. The second-order valence-electron chi connectivity index (χ2n) is 4.29. The number of amides is 1. The molecule has 1 aliphatic heterocycles. The molecule has 2 rings (SSSR count). The van der Waals surface area contributed by atoms with Gasteiger partial charge in [-0.1, -0.05) is 11.6 Å². The number of carbonyl (C=O) groups excluding carboxylic acids is 1. The van der Waals surface area contributed by atoms with E-state index in [-0.39, 0.29) is 18.1 Å². The van der Waals surface area contributed by atoms with Crippen molar-refractivity contribution in [2.45, 2.75) is 12.8 Å². The summed E-state index contributed by atoms with van der Waals surface area (Å²) in [5, 5.41) is 9.42. The number of nitrogens with zero attached hydrogens (tertiary/aromatic N) is 2. The fraction of sp³-hybridized carbons (Fsp3) is 0.417. The first kappa shape index (κ1) is 12.8. The average molecular weight is 269 g/mol. The third kappa shape index (κ3) is 2.79. The number of likely N-dealkylation sites (tertiary alicyclic amines) is 1. The van der Waals surface area contributed by atoms with Crippen LogP contribution in [-0.2, 0) is 4.79 Å². The zero-order chi connectivity index (χ0) is 13.1. The summed E-state index contributed by atoms with van der Waals surface area (Å²) in [4.78, 5) is 28.6. The van der Waals surface area contributed by atoms with Gasteiger partial charge in [0.1, 0.15) is 5.69 Å². The van der Waals surface area contributed by atoms with Gasteiger partial charge in [-0.05, 0) is 25.0 Å². The number of aliphatic carboxylic acids is 1. The zero-order valence-corrected chi connectivity index (χ0v) is 10.4. The second kappa shape index (κ2) is 5.35. The molecule has 0 saturated carbocycles. The second-order valence-corrected chi connectivity index (χ2v) is 4.72. The van der Waals surface area contributed by atoms with Gasteiger partial charge >= 0.3 is 5.97 Å². The van der Waals surface area contributed by atoms with Crippen LogP contribution in [0.2, 0.25) is 5.02 Å². The van der Waals surface area contributed by atoms with Crippen LogP contribution < -0.4 is 0 Å². The molecule has 1 amide bonds. The van der Waals surface area contributed by atoms with E-state index in [9.17, 15) is 9.59 Å². The van der Waals surface area contributed by atoms with Gasteiger partial charge in [-0.15, -0.1) is 0 Å². The minimum absolute atomic E-state index is 0.238. The Morgan fingerprint density at radius 2 is 2.28 bits per heavy atom. The highest BCUT2D eigenvalue weighted by Crippen LogP contribution is 2.19. The smallest absolute Gasteiger partial charge is 0.308 e. The van der Waals surface area contributed by atoms with E-state index in [4.69, 9.17) is 16.7 Å². The van der Waals surface area contributed by atoms with Crippen LogP contribution in [-0.4, -0.2) is 40.0 Å². The number of pyridine rings is 1. The average Bonchev–Trinajstić information content (AvgIpc) is 2.38. The van der Waals surface area contributed by atoms with Gasteiger partial charge in [0.25, 0.3) is 5.91 Å². The number of carbonyl (C=O) groups is 2. The minimum atomic E-state index is -0.855. The van der Waals surface area contributed by atoms with E-state index in [0.717, 1.165) is 0 Å². The topological polar surface area (TPSA) is 70.5 Å². The Morgan fingerprint density at radius 1 is 1.50 bits per heavy atom. The molecule has 0 aromatic carbocycles. The van der Waals surface area contributed by atoms with Gasteiger partial charge in [-0.2, -0.15) is 0 Å². The molecule has 1 aliphatic rings. The third-order valence-corrected chi connectivity index (χ3v) is 3.23. The predicted octanol–water partition coefficient (Wildman–Crippen LogP) is 1.67. The first-order valence-electron chi connectivity index (χ1n) is 5.71. The summed E-state index contributed by atoms with van der Waals surface area (Å²) in [6, 6.07) is 3.09. The number of halogens is 1. The van der Waals surface area contributed by atoms with Crippen molar-refractivity contribution in [3.8, 4) is 0 Å². The molecule has 1 aromatic rings. The lowest BCUT2D eigenvalue weighted by Crippen LogP contribution is -2.42. The molecule has 0 spiro atoms. The highest BCUT2D eigenvalue weighted by molar-refractivity contribution is 6.30. The van der Waals surface area contributed by atoms with Crippen molar-refractivity contribution < 1.29 is 14.7 Å². The van der Waals surface area contributed by atoms with Gasteiger partial charge in [-0.25, -0.2) is 0 Å². The van der Waals surface area contributed by atoms with Crippen LogP contribution in [0.5, 0.6) is 0 Å². The summed E-state index contributed by atoms with van der Waals surface area (Å²) in [5.74, 6) is -1.60. The Hall–Kier alpha value is -1.62. The van der Waals surface area contributed by atoms with Crippen molar-refractivity contribution in [2.24, 2.45) is 5.92 Å². The van der Waals surface area contributed by atoms with Crippen molar-refractivity contribution in [1.29, 1.82) is 0 Å². The monoisotopic (exact) mass is 268 g/mol. The number of carboxylic acids is 1. The summed E-state index contributed by atoms with van der Waals surface area (Å²) in [6.07, 6.45) is 2.78. The molecular formula is C12H13ClN2O3. The van der Waals surface area contributed by atoms with Gasteiger partial charge in [0.2, 0.25) is 0 Å². The van der Waals surface area contributed by atoms with Crippen LogP contribution >= 0.6 is 11.6 Å². The maximum absolute atomic E-state index is 12.1. The first-order chi connectivity index (χ1) is 8.58. The molecule has 5 nitrogen and oxygen atoms in total. The summed E-state index contributed by atoms with van der Waals surface area (Å²) in [5.41, 5.74) is 0.258. The molecule has 1 fully saturated rings. The SMILES string of the molecule is O=C(O)[C@H]1CCCN(C(=O)c2cc(Cl)ccn2)C1. The van der Waals surface area contributed by atoms with Crippen LogP contribution in [0.15, 0.2) is 18.3 Å². The molecule has 1 aromatic heterocycles. The molecule has 96 valence electrons. The molecule has 0 aliphatic carbocycles. The normalized spacial score (nSPS) is 19.6. The Balaban J connectivity index is 2.11. The number of rotatable bonds is 2. The Labute approximate surface area is 109 Å². The van der Waals surface area contributed by atoms with Gasteiger partial charge < -0.3 is 10.0 Å². The van der Waals surface area contributed by atoms with E-state index in [0.29, 0.717) is 24.4 Å². The van der Waals surface area contributed by atoms with E-state index >= 15 is 0 Å². The van der Waals surface area contributed by atoms with Crippen molar-refractivity contribution in [2.75, 3.05) is 13.1 Å². The van der Waals surface area contributed by atoms with Crippen LogP contribution in [0, 0.1) is 5.92 Å². The van der Waals surface area contributed by atoms with E-state index in [2.05, 4.69) is 4.98 Å². The van der Waals surface area contributed by atoms with Crippen LogP contribution in [0.4, 0.5) is 0 Å². The maximum atomic E-state index is 12.1. The van der Waals surface area contributed by atoms with E-state index in [1.54, 1.807) is 6.07 Å². The predicted molar refractivity (Wildman–Crippen MR) is 65.5 cm³/mol. The van der Waals surface area contributed by atoms with Gasteiger partial charge in [0.05, 0.1) is 5.92 Å². The largest absolute Gasteiger partial charge is 0.481 e. The molecule has 18 heavy (non-hydrogen) atoms. The fourth-order valence-corrected chi connectivity index (χ4v) is 2.21. The fourth-order valence-electron chi connectivity index (χ4n) is 2.05. The van der Waals surface area contributed by atoms with Crippen molar-refractivity contribution in [3.05, 3.63) is 29.0 Å². The Morgan fingerprint density at radius 3 is 2.94 bits per heavy atom. The highest BCUT2D eigenvalue weighted by Gasteiger charge is 2.29. The minimum Gasteiger partial charge on any atom is -0.481 e. The number of hydrogen-bond donors (Lipinski definition) is 1. The summed E-state index contributed by atoms with van der Waals surface area (Å²) in [7, 11) is 0. The summed E-state index contributed by atoms with van der Waals surface area (Å²) in [6.45, 7) is 0.805. The number of aromatic nitrogens is 1. The lowest BCUT2D eigenvalue weighted by molar-refractivity contribution is -0.143. The number of carboxylic acid groups (broad SMARTS) is 1. The molecule has 0 radical (unpaired) electrons. The van der Waals surface area contributed by atoms with E-state index < -0.39 is 11.9 Å². The van der Waals surface area contributed by atoms with Gasteiger partial charge in [0.15, 0.2) is 0 Å². The summed E-state index contributed by atoms with van der Waals surface area (Å²) < 4.78 is 0. The maximum Gasteiger partial charge on any atom is 0.308 e. The van der Waals surface area contributed by atoms with Crippen molar-refractivity contribution in [3.63, 3.8) is 0 Å². The standard InChI is InChI=1S/C12H13ClN2O3/c13-9-3-4-14-10(6-9)11(16)15-5-1-2-8(7-15)12(17)18/h3-4,6,8H,1-2,5,7H2,(H,17,18)/t8-/m0/s1. The highest BCUT2D eigenvalue weighted by atomic mass is 35.5. The van der Waals surface area contributed by atoms with Crippen molar-refractivity contribution in [1.82, 2.24) is 9.88 Å². The molecular weight excluding hydrogens is 256 g/mol. The van der Waals surface area contributed by atoms with Gasteiger partial charge in [-0.3, -0.25) is 14.6 Å². The van der Waals surface area contributed by atoms with Crippen LogP contribution in [0.1, 0.15) is 23.3 Å². The molecule has 1 N–H and O–H groups in total. The zero-order valence-electron chi connectivity index (χ0n) is 9.67. The number of hydrogen-bond acceptors (Lipinski definition) is 3. The lowest BCUT2D eigenvalue weighted by Gasteiger charge is -2.30. The Kier molecular flexibility index (Phi) is 3.81. The summed E-state index contributed by atoms with van der Waals surface area (Å²) >= 11 is 5.80. The Bertz CT molecular complexity index is 478. The van der Waals surface area contributed by atoms with Crippen molar-refractivity contribution >= 4 is 23.5 Å². The molecule has 1 saturated heterocycles.